The van der Waals surface area contributed by atoms with E-state index in [1.807, 2.05) is 0 Å². The zero-order valence-corrected chi connectivity index (χ0v) is 37.4. The number of rotatable bonds is 44. The Bertz CT molecular complexity index is 828. The Hall–Kier alpha value is -1.59. The van der Waals surface area contributed by atoms with Crippen molar-refractivity contribution in [2.75, 3.05) is 13.2 Å². The Labute approximate surface area is 342 Å². The van der Waals surface area contributed by atoms with Crippen molar-refractivity contribution in [2.45, 2.75) is 278 Å². The monoisotopic (exact) mass is 779 g/mol. The highest BCUT2D eigenvalue weighted by Gasteiger charge is 2.19. The summed E-state index contributed by atoms with van der Waals surface area (Å²) in [6.45, 7) is 8.98. The van der Waals surface area contributed by atoms with E-state index in [2.05, 4.69) is 27.7 Å². The highest BCUT2D eigenvalue weighted by atomic mass is 16.6. The molecule has 1 unspecified atom stereocenters. The topological polar surface area (TPSA) is 78.9 Å². The van der Waals surface area contributed by atoms with Gasteiger partial charge in [-0.3, -0.25) is 14.4 Å². The normalized spacial score (nSPS) is 12.4. The first-order valence-electron chi connectivity index (χ1n) is 24.4. The Morgan fingerprint density at radius 1 is 0.364 bits per heavy atom. The van der Waals surface area contributed by atoms with Crippen LogP contribution < -0.4 is 0 Å². The molecule has 55 heavy (non-hydrogen) atoms. The predicted octanol–water partition coefficient (Wildman–Crippen LogP) is 15.5. The number of hydrogen-bond acceptors (Lipinski definition) is 6. The van der Waals surface area contributed by atoms with Gasteiger partial charge in [-0.05, 0) is 25.2 Å². The van der Waals surface area contributed by atoms with Gasteiger partial charge < -0.3 is 14.2 Å². The molecule has 0 heterocycles. The van der Waals surface area contributed by atoms with Crippen LogP contribution in [0.4, 0.5) is 0 Å². The third kappa shape index (κ3) is 41.9. The lowest BCUT2D eigenvalue weighted by Crippen LogP contribution is -2.30. The smallest absolute Gasteiger partial charge is 0.306 e. The SMILES string of the molecule is CCCCCCCCCCCCCCCCCC(=O)OC[C@H](COC(=O)CCCCCCCCC(C)CC)OC(=O)CCCCCCCCCCCCCC. The number of unbranched alkanes of at least 4 members (excludes halogenated alkanes) is 30. The van der Waals surface area contributed by atoms with Gasteiger partial charge in [0.15, 0.2) is 6.10 Å². The maximum Gasteiger partial charge on any atom is 0.306 e. The molecular formula is C49H94O6. The molecule has 6 nitrogen and oxygen atoms in total. The van der Waals surface area contributed by atoms with Crippen LogP contribution in [0, 0.1) is 5.92 Å². The predicted molar refractivity (Wildman–Crippen MR) is 233 cm³/mol. The zero-order valence-electron chi connectivity index (χ0n) is 37.4. The van der Waals surface area contributed by atoms with Gasteiger partial charge in [0.1, 0.15) is 13.2 Å². The van der Waals surface area contributed by atoms with Gasteiger partial charge in [-0.25, -0.2) is 0 Å². The summed E-state index contributed by atoms with van der Waals surface area (Å²) in [5, 5.41) is 0. The van der Waals surface area contributed by atoms with Gasteiger partial charge in [-0.2, -0.15) is 0 Å². The number of ether oxygens (including phenoxy) is 3. The van der Waals surface area contributed by atoms with Crippen molar-refractivity contribution in [3.05, 3.63) is 0 Å². The van der Waals surface area contributed by atoms with Gasteiger partial charge in [0, 0.05) is 19.3 Å². The first kappa shape index (κ1) is 53.4. The maximum atomic E-state index is 12.7. The lowest BCUT2D eigenvalue weighted by Gasteiger charge is -2.18. The van der Waals surface area contributed by atoms with Crippen LogP contribution in [0.25, 0.3) is 0 Å². The van der Waals surface area contributed by atoms with Gasteiger partial charge in [-0.15, -0.1) is 0 Å². The van der Waals surface area contributed by atoms with E-state index >= 15 is 0 Å². The molecule has 326 valence electrons. The summed E-state index contributed by atoms with van der Waals surface area (Å²) < 4.78 is 16.7. The van der Waals surface area contributed by atoms with E-state index in [1.54, 1.807) is 0 Å². The van der Waals surface area contributed by atoms with E-state index in [1.165, 1.54) is 167 Å². The van der Waals surface area contributed by atoms with Crippen molar-refractivity contribution in [3.8, 4) is 0 Å². The summed E-state index contributed by atoms with van der Waals surface area (Å²) in [6.07, 6.45) is 43.7. The average Bonchev–Trinajstić information content (AvgIpc) is 3.18. The largest absolute Gasteiger partial charge is 0.462 e. The Balaban J connectivity index is 4.30. The summed E-state index contributed by atoms with van der Waals surface area (Å²) in [5.74, 6) is -0.0374. The van der Waals surface area contributed by atoms with Crippen LogP contribution >= 0.6 is 0 Å². The van der Waals surface area contributed by atoms with Crippen molar-refractivity contribution in [1.82, 2.24) is 0 Å². The van der Waals surface area contributed by atoms with E-state index in [4.69, 9.17) is 14.2 Å². The third-order valence-electron chi connectivity index (χ3n) is 11.4. The number of hydrogen-bond donors (Lipinski definition) is 0. The Morgan fingerprint density at radius 3 is 0.945 bits per heavy atom. The Kier molecular flexibility index (Phi) is 42.3. The van der Waals surface area contributed by atoms with Crippen LogP contribution in [0.3, 0.4) is 0 Å². The molecule has 0 aromatic rings. The second-order valence-corrected chi connectivity index (χ2v) is 17.0. The molecule has 0 aromatic carbocycles. The van der Waals surface area contributed by atoms with Crippen molar-refractivity contribution in [1.29, 1.82) is 0 Å². The first-order chi connectivity index (χ1) is 26.9. The molecule has 2 atom stereocenters. The second kappa shape index (κ2) is 43.5. The molecule has 0 bridgehead atoms. The molecule has 0 saturated carbocycles. The van der Waals surface area contributed by atoms with E-state index in [9.17, 15) is 14.4 Å². The molecule has 0 aliphatic carbocycles. The lowest BCUT2D eigenvalue weighted by atomic mass is 10.00. The van der Waals surface area contributed by atoms with Crippen LogP contribution in [-0.4, -0.2) is 37.2 Å². The molecule has 0 fully saturated rings. The molecule has 0 aliphatic rings. The van der Waals surface area contributed by atoms with Crippen LogP contribution in [0.15, 0.2) is 0 Å². The molecule has 0 radical (unpaired) electrons. The molecule has 0 amide bonds. The maximum absolute atomic E-state index is 12.7. The van der Waals surface area contributed by atoms with Crippen molar-refractivity contribution in [3.63, 3.8) is 0 Å². The van der Waals surface area contributed by atoms with Gasteiger partial charge in [-0.1, -0.05) is 233 Å². The minimum atomic E-state index is -0.760. The van der Waals surface area contributed by atoms with Crippen molar-refractivity contribution < 1.29 is 28.6 Å². The number of esters is 3. The van der Waals surface area contributed by atoms with Crippen LogP contribution in [0.1, 0.15) is 272 Å². The van der Waals surface area contributed by atoms with Crippen LogP contribution in [0.2, 0.25) is 0 Å². The van der Waals surface area contributed by atoms with E-state index < -0.39 is 6.10 Å². The lowest BCUT2D eigenvalue weighted by molar-refractivity contribution is -0.167. The molecule has 0 aliphatic heterocycles. The quantitative estimate of drug-likeness (QED) is 0.0348. The summed E-state index contributed by atoms with van der Waals surface area (Å²) in [4.78, 5) is 37.8. The first-order valence-corrected chi connectivity index (χ1v) is 24.4. The molecule has 0 aromatic heterocycles. The highest BCUT2D eigenvalue weighted by Crippen LogP contribution is 2.17. The van der Waals surface area contributed by atoms with Gasteiger partial charge in [0.2, 0.25) is 0 Å². The van der Waals surface area contributed by atoms with Crippen molar-refractivity contribution >= 4 is 17.9 Å². The molecule has 0 spiro atoms. The summed E-state index contributed by atoms with van der Waals surface area (Å²) in [7, 11) is 0. The van der Waals surface area contributed by atoms with Gasteiger partial charge >= 0.3 is 17.9 Å². The third-order valence-corrected chi connectivity index (χ3v) is 11.4. The van der Waals surface area contributed by atoms with E-state index in [0.29, 0.717) is 19.3 Å². The number of carbonyl (C=O) groups excluding carboxylic acids is 3. The van der Waals surface area contributed by atoms with Gasteiger partial charge in [0.05, 0.1) is 0 Å². The zero-order chi connectivity index (χ0) is 40.3. The molecule has 0 N–H and O–H groups in total. The van der Waals surface area contributed by atoms with Crippen LogP contribution in [0.5, 0.6) is 0 Å². The van der Waals surface area contributed by atoms with Crippen molar-refractivity contribution in [2.24, 2.45) is 5.92 Å². The van der Waals surface area contributed by atoms with Gasteiger partial charge in [0.25, 0.3) is 0 Å². The van der Waals surface area contributed by atoms with E-state index in [0.717, 1.165) is 63.7 Å². The molecule has 0 rings (SSSR count). The Morgan fingerprint density at radius 2 is 0.636 bits per heavy atom. The summed E-state index contributed by atoms with van der Waals surface area (Å²) in [6, 6.07) is 0. The molecule has 0 saturated heterocycles. The highest BCUT2D eigenvalue weighted by molar-refractivity contribution is 5.71. The minimum absolute atomic E-state index is 0.0638. The summed E-state index contributed by atoms with van der Waals surface area (Å²) in [5.41, 5.74) is 0. The fraction of sp³-hybridized carbons (Fsp3) is 0.939. The molecule has 6 heteroatoms. The fourth-order valence-electron chi connectivity index (χ4n) is 7.30. The number of carbonyl (C=O) groups is 3. The average molecular weight is 779 g/mol. The second-order valence-electron chi connectivity index (χ2n) is 17.0. The molecular weight excluding hydrogens is 685 g/mol. The van der Waals surface area contributed by atoms with E-state index in [-0.39, 0.29) is 31.1 Å². The standard InChI is InChI=1S/C49H94O6/c1-5-8-10-12-14-16-18-20-21-22-24-25-27-32-36-40-47(50)53-43-46(44-54-48(51)41-37-33-30-29-31-35-39-45(4)7-3)55-49(52)42-38-34-28-26-23-19-17-15-13-11-9-6-2/h45-46H,5-44H2,1-4H3/t45?,46-/m1/s1. The summed E-state index contributed by atoms with van der Waals surface area (Å²) >= 11 is 0. The fourth-order valence-corrected chi connectivity index (χ4v) is 7.30. The minimum Gasteiger partial charge on any atom is -0.462 e. The van der Waals surface area contributed by atoms with Crippen LogP contribution in [-0.2, 0) is 28.6 Å².